The molecule has 2 rings (SSSR count). The Morgan fingerprint density at radius 2 is 1.76 bits per heavy atom. The second-order valence-electron chi connectivity index (χ2n) is 4.51. The zero-order valence-corrected chi connectivity index (χ0v) is 11.3. The number of halogens is 2. The summed E-state index contributed by atoms with van der Waals surface area (Å²) in [6.45, 7) is 1.03. The molecule has 0 saturated carbocycles. The minimum absolute atomic E-state index is 0.197. The fourth-order valence-electron chi connectivity index (χ4n) is 1.96. The molecule has 0 aliphatic heterocycles. The van der Waals surface area contributed by atoms with Gasteiger partial charge in [-0.3, -0.25) is 4.79 Å². The Hall–Kier alpha value is -2.27. The molecule has 0 bridgehead atoms. The van der Waals surface area contributed by atoms with E-state index < -0.39 is 23.3 Å². The summed E-state index contributed by atoms with van der Waals surface area (Å²) in [5, 5.41) is 9.88. The van der Waals surface area contributed by atoms with Gasteiger partial charge in [0.15, 0.2) is 5.78 Å². The van der Waals surface area contributed by atoms with E-state index in [0.29, 0.717) is 5.56 Å². The zero-order valence-electron chi connectivity index (χ0n) is 11.3. The number of ether oxygens (including phenoxy) is 1. The highest BCUT2D eigenvalue weighted by Crippen LogP contribution is 2.24. The molecule has 0 amide bonds. The standard InChI is InChI=1S/C16H14F2O3/c1-10(19)11-5-2-3-8-15(11)21-9-14(20)16-12(17)6-4-7-13(16)18/h2-8,14,20H,9H2,1H3. The normalized spacial score (nSPS) is 12.0. The Kier molecular flexibility index (Phi) is 4.65. The number of Topliss-reactive ketones (excluding diaryl/α,β-unsaturated/α-hetero) is 1. The van der Waals surface area contributed by atoms with Crippen LogP contribution in [0, 0.1) is 11.6 Å². The van der Waals surface area contributed by atoms with E-state index in [1.54, 1.807) is 24.3 Å². The van der Waals surface area contributed by atoms with Crippen LogP contribution in [0.4, 0.5) is 8.78 Å². The fraction of sp³-hybridized carbons (Fsp3) is 0.188. The van der Waals surface area contributed by atoms with Gasteiger partial charge in [-0.2, -0.15) is 0 Å². The summed E-state index contributed by atoms with van der Waals surface area (Å²) in [5.74, 6) is -1.62. The quantitative estimate of drug-likeness (QED) is 0.860. The smallest absolute Gasteiger partial charge is 0.163 e. The van der Waals surface area contributed by atoms with Gasteiger partial charge in [0.1, 0.15) is 30.1 Å². The summed E-state index contributed by atoms with van der Waals surface area (Å²) in [6, 6.07) is 9.81. The number of aliphatic hydroxyl groups excluding tert-OH is 1. The van der Waals surface area contributed by atoms with Crippen LogP contribution in [0.1, 0.15) is 28.9 Å². The molecule has 2 aromatic rings. The Morgan fingerprint density at radius 1 is 1.14 bits per heavy atom. The lowest BCUT2D eigenvalue weighted by Crippen LogP contribution is -2.14. The number of para-hydroxylation sites is 1. The van der Waals surface area contributed by atoms with Crippen LogP contribution in [0.5, 0.6) is 5.75 Å². The molecule has 21 heavy (non-hydrogen) atoms. The molecule has 2 aromatic carbocycles. The highest BCUT2D eigenvalue weighted by atomic mass is 19.1. The molecule has 1 unspecified atom stereocenters. The predicted octanol–water partition coefficient (Wildman–Crippen LogP) is 3.28. The van der Waals surface area contributed by atoms with Crippen molar-refractivity contribution >= 4 is 5.78 Å². The maximum absolute atomic E-state index is 13.5. The molecule has 0 heterocycles. The number of benzene rings is 2. The lowest BCUT2D eigenvalue weighted by molar-refractivity contribution is 0.0953. The summed E-state index contributed by atoms with van der Waals surface area (Å²) in [6.07, 6.45) is -1.47. The Labute approximate surface area is 120 Å². The summed E-state index contributed by atoms with van der Waals surface area (Å²) in [4.78, 5) is 11.4. The molecule has 0 fully saturated rings. The maximum atomic E-state index is 13.5. The predicted molar refractivity (Wildman–Crippen MR) is 73.3 cm³/mol. The maximum Gasteiger partial charge on any atom is 0.163 e. The van der Waals surface area contributed by atoms with Crippen molar-refractivity contribution in [3.05, 3.63) is 65.2 Å². The van der Waals surface area contributed by atoms with Gasteiger partial charge >= 0.3 is 0 Å². The number of aliphatic hydroxyl groups is 1. The monoisotopic (exact) mass is 292 g/mol. The molecule has 0 radical (unpaired) electrons. The number of ketones is 1. The van der Waals surface area contributed by atoms with Crippen LogP contribution in [0.2, 0.25) is 0 Å². The first-order chi connectivity index (χ1) is 10.0. The second kappa shape index (κ2) is 6.45. The van der Waals surface area contributed by atoms with Crippen LogP contribution in [0.3, 0.4) is 0 Å². The largest absolute Gasteiger partial charge is 0.490 e. The fourth-order valence-corrected chi connectivity index (χ4v) is 1.96. The average molecular weight is 292 g/mol. The highest BCUT2D eigenvalue weighted by molar-refractivity contribution is 5.96. The summed E-state index contributed by atoms with van der Waals surface area (Å²) in [7, 11) is 0. The van der Waals surface area contributed by atoms with Gasteiger partial charge in [-0.15, -0.1) is 0 Å². The van der Waals surface area contributed by atoms with E-state index in [9.17, 15) is 18.7 Å². The minimum Gasteiger partial charge on any atom is -0.490 e. The summed E-state index contributed by atoms with van der Waals surface area (Å²) < 4.78 is 32.4. The SMILES string of the molecule is CC(=O)c1ccccc1OCC(O)c1c(F)cccc1F. The van der Waals surface area contributed by atoms with Gasteiger partial charge in [-0.05, 0) is 31.2 Å². The van der Waals surface area contributed by atoms with Gasteiger partial charge in [0.05, 0.1) is 11.1 Å². The van der Waals surface area contributed by atoms with Crippen molar-refractivity contribution in [3.8, 4) is 5.75 Å². The van der Waals surface area contributed by atoms with Gasteiger partial charge in [0.2, 0.25) is 0 Å². The van der Waals surface area contributed by atoms with E-state index in [2.05, 4.69) is 0 Å². The highest BCUT2D eigenvalue weighted by Gasteiger charge is 2.19. The molecule has 110 valence electrons. The molecule has 0 saturated heterocycles. The Morgan fingerprint density at radius 3 is 2.38 bits per heavy atom. The number of hydrogen-bond acceptors (Lipinski definition) is 3. The molecule has 1 atom stereocenters. The van der Waals surface area contributed by atoms with Crippen molar-refractivity contribution in [3.63, 3.8) is 0 Å². The first-order valence-electron chi connectivity index (χ1n) is 6.35. The van der Waals surface area contributed by atoms with Gasteiger partial charge in [0.25, 0.3) is 0 Å². The number of carbonyl (C=O) groups is 1. The Bertz CT molecular complexity index is 635. The molecule has 0 aliphatic carbocycles. The van der Waals surface area contributed by atoms with E-state index >= 15 is 0 Å². The van der Waals surface area contributed by atoms with Crippen LogP contribution >= 0.6 is 0 Å². The molecule has 1 N–H and O–H groups in total. The third kappa shape index (κ3) is 3.44. The molecule has 5 heteroatoms. The van der Waals surface area contributed by atoms with Gasteiger partial charge < -0.3 is 9.84 Å². The van der Waals surface area contributed by atoms with E-state index in [4.69, 9.17) is 4.74 Å². The van der Waals surface area contributed by atoms with E-state index in [0.717, 1.165) is 12.1 Å². The molecule has 0 aromatic heterocycles. The van der Waals surface area contributed by atoms with Crippen LogP contribution in [-0.2, 0) is 0 Å². The van der Waals surface area contributed by atoms with E-state index in [1.807, 2.05) is 0 Å². The number of hydrogen-bond donors (Lipinski definition) is 1. The Balaban J connectivity index is 2.15. The minimum atomic E-state index is -1.47. The van der Waals surface area contributed by atoms with E-state index in [-0.39, 0.29) is 18.1 Å². The molecule has 0 spiro atoms. The van der Waals surface area contributed by atoms with Gasteiger partial charge in [0, 0.05) is 0 Å². The van der Waals surface area contributed by atoms with Crippen molar-refractivity contribution in [1.82, 2.24) is 0 Å². The summed E-state index contributed by atoms with van der Waals surface area (Å²) >= 11 is 0. The van der Waals surface area contributed by atoms with Crippen molar-refractivity contribution in [2.45, 2.75) is 13.0 Å². The molecular weight excluding hydrogens is 278 g/mol. The van der Waals surface area contributed by atoms with Crippen molar-refractivity contribution < 1.29 is 23.4 Å². The van der Waals surface area contributed by atoms with Crippen LogP contribution in [0.25, 0.3) is 0 Å². The topological polar surface area (TPSA) is 46.5 Å². The first kappa shape index (κ1) is 15.1. The number of rotatable bonds is 5. The lowest BCUT2D eigenvalue weighted by atomic mass is 10.1. The zero-order chi connectivity index (χ0) is 15.4. The lowest BCUT2D eigenvalue weighted by Gasteiger charge is -2.15. The van der Waals surface area contributed by atoms with Crippen molar-refractivity contribution in [2.75, 3.05) is 6.61 Å². The van der Waals surface area contributed by atoms with Crippen LogP contribution in [-0.4, -0.2) is 17.5 Å². The van der Waals surface area contributed by atoms with Crippen LogP contribution in [0.15, 0.2) is 42.5 Å². The first-order valence-corrected chi connectivity index (χ1v) is 6.35. The van der Waals surface area contributed by atoms with Crippen molar-refractivity contribution in [2.24, 2.45) is 0 Å². The van der Waals surface area contributed by atoms with E-state index in [1.165, 1.54) is 13.0 Å². The third-order valence-corrected chi connectivity index (χ3v) is 3.00. The third-order valence-electron chi connectivity index (χ3n) is 3.00. The second-order valence-corrected chi connectivity index (χ2v) is 4.51. The molecular formula is C16H14F2O3. The molecule has 0 aliphatic rings. The average Bonchev–Trinajstić information content (AvgIpc) is 2.45. The summed E-state index contributed by atoms with van der Waals surface area (Å²) in [5.41, 5.74) is -0.100. The van der Waals surface area contributed by atoms with Gasteiger partial charge in [-0.25, -0.2) is 8.78 Å². The number of carbonyl (C=O) groups excluding carboxylic acids is 1. The van der Waals surface area contributed by atoms with Crippen molar-refractivity contribution in [1.29, 1.82) is 0 Å². The molecule has 3 nitrogen and oxygen atoms in total. The van der Waals surface area contributed by atoms with Crippen LogP contribution < -0.4 is 4.74 Å². The van der Waals surface area contributed by atoms with Gasteiger partial charge in [-0.1, -0.05) is 18.2 Å².